The SMILES string of the molecule is C/N=C(\c1cc(-c2n(-c3ccccc3)c3ccccc3[n+]2C)c2ccc3cccc4ccc1c2c43)N(c1ccccc1)c1ccccc1. The van der Waals surface area contributed by atoms with Crippen LogP contribution < -0.4 is 9.47 Å². The van der Waals surface area contributed by atoms with Crippen molar-refractivity contribution in [2.45, 2.75) is 0 Å². The molecule has 8 aromatic carbocycles. The van der Waals surface area contributed by atoms with Crippen LogP contribution in [0.25, 0.3) is 60.4 Å². The van der Waals surface area contributed by atoms with Crippen LogP contribution in [0.1, 0.15) is 5.56 Å². The Morgan fingerprint density at radius 2 is 1.17 bits per heavy atom. The number of rotatable bonds is 5. The summed E-state index contributed by atoms with van der Waals surface area (Å²) in [6, 6.07) is 58.6. The van der Waals surface area contributed by atoms with E-state index < -0.39 is 0 Å². The quantitative estimate of drug-likeness (QED) is 0.0816. The molecular weight excluding hydrogens is 585 g/mol. The van der Waals surface area contributed by atoms with E-state index in [9.17, 15) is 0 Å². The minimum atomic E-state index is 0.886. The van der Waals surface area contributed by atoms with Crippen molar-refractivity contribution >= 4 is 60.6 Å². The molecular formula is C44H33N4+. The summed E-state index contributed by atoms with van der Waals surface area (Å²) in [6.45, 7) is 0. The second kappa shape index (κ2) is 11.2. The first-order valence-corrected chi connectivity index (χ1v) is 16.4. The molecule has 0 saturated carbocycles. The van der Waals surface area contributed by atoms with Crippen molar-refractivity contribution in [2.75, 3.05) is 11.9 Å². The van der Waals surface area contributed by atoms with Gasteiger partial charge in [0.05, 0.1) is 12.6 Å². The third kappa shape index (κ3) is 4.23. The zero-order chi connectivity index (χ0) is 32.2. The molecule has 4 heteroatoms. The van der Waals surface area contributed by atoms with Gasteiger partial charge in [0.2, 0.25) is 0 Å². The highest BCUT2D eigenvalue weighted by molar-refractivity contribution is 6.31. The van der Waals surface area contributed by atoms with Gasteiger partial charge in [0.1, 0.15) is 11.5 Å². The van der Waals surface area contributed by atoms with E-state index in [1.807, 2.05) is 7.05 Å². The van der Waals surface area contributed by atoms with Crippen LogP contribution in [-0.4, -0.2) is 17.5 Å². The fourth-order valence-electron chi connectivity index (χ4n) is 7.54. The third-order valence-electron chi connectivity index (χ3n) is 9.61. The van der Waals surface area contributed by atoms with Gasteiger partial charge in [-0.05, 0) is 86.9 Å². The number of amidine groups is 1. The molecule has 1 aromatic heterocycles. The van der Waals surface area contributed by atoms with Crippen LogP contribution in [0, 0.1) is 0 Å². The van der Waals surface area contributed by atoms with E-state index in [4.69, 9.17) is 4.99 Å². The van der Waals surface area contributed by atoms with Gasteiger partial charge >= 0.3 is 0 Å². The van der Waals surface area contributed by atoms with Gasteiger partial charge in [0.15, 0.2) is 11.0 Å². The van der Waals surface area contributed by atoms with Gasteiger partial charge < -0.3 is 0 Å². The van der Waals surface area contributed by atoms with Gasteiger partial charge in [-0.1, -0.05) is 109 Å². The number of aromatic nitrogens is 2. The molecule has 0 aliphatic carbocycles. The summed E-state index contributed by atoms with van der Waals surface area (Å²) in [5, 5.41) is 7.40. The molecule has 0 aliphatic heterocycles. The summed E-state index contributed by atoms with van der Waals surface area (Å²) in [4.78, 5) is 7.38. The Kier molecular flexibility index (Phi) is 6.54. The first-order valence-electron chi connectivity index (χ1n) is 16.4. The van der Waals surface area contributed by atoms with E-state index in [1.165, 1.54) is 37.8 Å². The van der Waals surface area contributed by atoms with Gasteiger partial charge in [-0.3, -0.25) is 9.89 Å². The summed E-state index contributed by atoms with van der Waals surface area (Å²) in [6.07, 6.45) is 0. The van der Waals surface area contributed by atoms with E-state index in [0.717, 1.165) is 45.4 Å². The number of fused-ring (bicyclic) bond motifs is 1. The zero-order valence-corrected chi connectivity index (χ0v) is 26.9. The molecule has 0 N–H and O–H groups in total. The molecule has 0 saturated heterocycles. The number of aryl methyl sites for hydroxylation is 1. The predicted octanol–water partition coefficient (Wildman–Crippen LogP) is 10.2. The summed E-state index contributed by atoms with van der Waals surface area (Å²) in [7, 11) is 4.09. The molecule has 0 amide bonds. The molecule has 228 valence electrons. The first kappa shape index (κ1) is 28.0. The summed E-state index contributed by atoms with van der Waals surface area (Å²) in [5.74, 6) is 2.00. The lowest BCUT2D eigenvalue weighted by Gasteiger charge is -2.28. The fourth-order valence-corrected chi connectivity index (χ4v) is 7.54. The lowest BCUT2D eigenvalue weighted by Crippen LogP contribution is -2.31. The highest BCUT2D eigenvalue weighted by Gasteiger charge is 2.30. The topological polar surface area (TPSA) is 24.4 Å². The number of para-hydroxylation sites is 5. The maximum absolute atomic E-state index is 5.10. The van der Waals surface area contributed by atoms with Gasteiger partial charge in [-0.25, -0.2) is 4.57 Å². The van der Waals surface area contributed by atoms with E-state index >= 15 is 0 Å². The van der Waals surface area contributed by atoms with Crippen molar-refractivity contribution in [1.29, 1.82) is 0 Å². The van der Waals surface area contributed by atoms with Crippen molar-refractivity contribution < 1.29 is 4.57 Å². The van der Waals surface area contributed by atoms with Gasteiger partial charge in [-0.2, -0.15) is 4.57 Å². The summed E-state index contributed by atoms with van der Waals surface area (Å²) >= 11 is 0. The van der Waals surface area contributed by atoms with Crippen LogP contribution in [0.2, 0.25) is 0 Å². The molecule has 0 spiro atoms. The van der Waals surface area contributed by atoms with Crippen molar-refractivity contribution in [2.24, 2.45) is 12.0 Å². The van der Waals surface area contributed by atoms with Crippen LogP contribution in [0.4, 0.5) is 11.4 Å². The molecule has 0 aliphatic rings. The van der Waals surface area contributed by atoms with Crippen molar-refractivity contribution in [3.63, 3.8) is 0 Å². The van der Waals surface area contributed by atoms with Gasteiger partial charge in [0, 0.05) is 24.0 Å². The molecule has 4 nitrogen and oxygen atoms in total. The van der Waals surface area contributed by atoms with Crippen LogP contribution in [0.15, 0.2) is 169 Å². The Balaban J connectivity index is 1.45. The maximum Gasteiger partial charge on any atom is 0.295 e. The minimum absolute atomic E-state index is 0.886. The maximum atomic E-state index is 5.10. The fraction of sp³-hybridized carbons (Fsp3) is 0.0455. The molecule has 9 aromatic rings. The zero-order valence-electron chi connectivity index (χ0n) is 26.9. The summed E-state index contributed by atoms with van der Waals surface area (Å²) in [5.41, 5.74) is 7.80. The van der Waals surface area contributed by atoms with Crippen LogP contribution in [0.3, 0.4) is 0 Å². The Labute approximate surface area is 279 Å². The van der Waals surface area contributed by atoms with Crippen molar-refractivity contribution in [3.8, 4) is 17.1 Å². The number of hydrogen-bond acceptors (Lipinski definition) is 1. The number of hydrogen-bond donors (Lipinski definition) is 0. The first-order chi connectivity index (χ1) is 23.7. The van der Waals surface area contributed by atoms with Crippen molar-refractivity contribution in [3.05, 3.63) is 169 Å². The van der Waals surface area contributed by atoms with E-state index in [2.05, 4.69) is 185 Å². The summed E-state index contributed by atoms with van der Waals surface area (Å²) < 4.78 is 4.74. The van der Waals surface area contributed by atoms with Crippen molar-refractivity contribution in [1.82, 2.24) is 4.57 Å². The Hall–Kier alpha value is -6.26. The second-order valence-electron chi connectivity index (χ2n) is 12.2. The van der Waals surface area contributed by atoms with Gasteiger partial charge in [-0.15, -0.1) is 0 Å². The Morgan fingerprint density at radius 1 is 0.583 bits per heavy atom. The molecule has 48 heavy (non-hydrogen) atoms. The highest BCUT2D eigenvalue weighted by Crippen LogP contribution is 2.43. The monoisotopic (exact) mass is 617 g/mol. The average Bonchev–Trinajstić information content (AvgIpc) is 3.45. The normalized spacial score (nSPS) is 12.1. The number of imidazole rings is 1. The van der Waals surface area contributed by atoms with E-state index in [0.29, 0.717) is 0 Å². The number of anilines is 2. The molecule has 0 fully saturated rings. The predicted molar refractivity (Wildman–Crippen MR) is 201 cm³/mol. The molecule has 0 unspecified atom stereocenters. The third-order valence-corrected chi connectivity index (χ3v) is 9.61. The smallest absolute Gasteiger partial charge is 0.295 e. The van der Waals surface area contributed by atoms with Gasteiger partial charge in [0.25, 0.3) is 5.82 Å². The molecule has 0 atom stereocenters. The number of benzene rings is 8. The average molecular weight is 618 g/mol. The standard InChI is InChI=1S/C44H33N4/c1-45-43(47(32-17-6-3-7-18-32)33-19-8-4-9-20-33)37-29-38(36-28-26-31-16-14-15-30-25-27-35(37)42(36)41(30)31)44-46(2)39-23-12-13-24-40(39)48(44)34-21-10-5-11-22-34/h3-29H,1-2H3/q+1/b45-43+. The van der Waals surface area contributed by atoms with E-state index in [-0.39, 0.29) is 0 Å². The Morgan fingerprint density at radius 3 is 1.81 bits per heavy atom. The molecule has 0 radical (unpaired) electrons. The van der Waals surface area contributed by atoms with E-state index in [1.54, 1.807) is 0 Å². The lowest BCUT2D eigenvalue weighted by atomic mass is 9.88. The number of aliphatic imine (C=N–C) groups is 1. The largest absolute Gasteiger partial charge is 0.295 e. The number of nitrogens with zero attached hydrogens (tertiary/aromatic N) is 4. The minimum Gasteiger partial charge on any atom is -0.295 e. The van der Waals surface area contributed by atoms with Crippen LogP contribution in [0.5, 0.6) is 0 Å². The van der Waals surface area contributed by atoms with Crippen LogP contribution >= 0.6 is 0 Å². The lowest BCUT2D eigenvalue weighted by molar-refractivity contribution is -0.633. The molecule has 1 heterocycles. The highest BCUT2D eigenvalue weighted by atomic mass is 15.2. The molecule has 0 bridgehead atoms. The molecule has 9 rings (SSSR count). The van der Waals surface area contributed by atoms with Crippen LogP contribution in [-0.2, 0) is 7.05 Å². The second-order valence-corrected chi connectivity index (χ2v) is 12.2. The Bertz CT molecular complexity index is 2560.